The third kappa shape index (κ3) is 2.36. The first-order valence-corrected chi connectivity index (χ1v) is 8.97. The van der Waals surface area contributed by atoms with Gasteiger partial charge in [-0.3, -0.25) is 9.59 Å². The summed E-state index contributed by atoms with van der Waals surface area (Å²) in [7, 11) is -3.83. The molecule has 0 bridgehead atoms. The van der Waals surface area contributed by atoms with Crippen LogP contribution in [0.2, 0.25) is 0 Å². The second-order valence-electron chi connectivity index (χ2n) is 5.04. The lowest BCUT2D eigenvalue weighted by molar-refractivity contribution is 0.0860. The molecule has 1 aromatic carbocycles. The summed E-state index contributed by atoms with van der Waals surface area (Å²) in [6, 6.07) is 7.86. The number of hydrogen-bond acceptors (Lipinski definition) is 5. The van der Waals surface area contributed by atoms with Gasteiger partial charge in [-0.05, 0) is 36.1 Å². The van der Waals surface area contributed by atoms with E-state index in [-0.39, 0.29) is 29.2 Å². The van der Waals surface area contributed by atoms with E-state index in [1.807, 2.05) is 12.3 Å². The molecule has 1 aliphatic heterocycles. The molecule has 0 spiro atoms. The number of rotatable bonds is 4. The number of carbonyl (C=O) groups excluding carboxylic acids is 2. The summed E-state index contributed by atoms with van der Waals surface area (Å²) in [5.74, 6) is -0.720. The van der Waals surface area contributed by atoms with Crippen molar-refractivity contribution in [2.45, 2.75) is 18.2 Å². The molecule has 22 heavy (non-hydrogen) atoms. The predicted octanol–water partition coefficient (Wildman–Crippen LogP) is 2.47. The Balaban J connectivity index is 1.80. The predicted molar refractivity (Wildman–Crippen MR) is 82.7 cm³/mol. The summed E-state index contributed by atoms with van der Waals surface area (Å²) in [4.78, 5) is 24.9. The highest BCUT2D eigenvalue weighted by molar-refractivity contribution is 7.90. The summed E-state index contributed by atoms with van der Waals surface area (Å²) in [6.07, 6.45) is -0.0150. The molecule has 0 atom stereocenters. The van der Waals surface area contributed by atoms with E-state index in [4.69, 9.17) is 0 Å². The number of hydrogen-bond donors (Lipinski definition) is 0. The molecular weight excluding hydrogens is 322 g/mol. The lowest BCUT2D eigenvalue weighted by Gasteiger charge is -2.14. The lowest BCUT2D eigenvalue weighted by Crippen LogP contribution is -2.32. The van der Waals surface area contributed by atoms with Crippen LogP contribution in [0.4, 0.5) is 0 Å². The molecule has 0 unspecified atom stereocenters. The van der Waals surface area contributed by atoms with Crippen molar-refractivity contribution in [3.8, 4) is 0 Å². The first-order valence-electron chi connectivity index (χ1n) is 6.65. The molecular formula is C15H13NO4S2. The number of Topliss-reactive ketones (excluding diaryl/α,β-unsaturated/α-hetero) is 1. The third-order valence-corrected chi connectivity index (χ3v) is 6.39. The fourth-order valence-corrected chi connectivity index (χ4v) is 4.79. The summed E-state index contributed by atoms with van der Waals surface area (Å²) < 4.78 is 25.5. The van der Waals surface area contributed by atoms with E-state index in [0.717, 1.165) is 9.87 Å². The van der Waals surface area contributed by atoms with Gasteiger partial charge in [0.05, 0.1) is 10.4 Å². The van der Waals surface area contributed by atoms with E-state index in [1.54, 1.807) is 18.2 Å². The maximum atomic E-state index is 12.3. The SMILES string of the molecule is Cc1csc(C(=O)CCN2C(=O)c3ccccc3S2(=O)=O)c1. The highest BCUT2D eigenvalue weighted by Gasteiger charge is 2.40. The van der Waals surface area contributed by atoms with Crippen molar-refractivity contribution in [3.05, 3.63) is 51.7 Å². The maximum absolute atomic E-state index is 12.3. The molecule has 0 radical (unpaired) electrons. The molecule has 0 saturated carbocycles. The van der Waals surface area contributed by atoms with Crippen molar-refractivity contribution in [1.29, 1.82) is 0 Å². The monoisotopic (exact) mass is 335 g/mol. The summed E-state index contributed by atoms with van der Waals surface area (Å²) in [5.41, 5.74) is 1.16. The minimum atomic E-state index is -3.83. The van der Waals surface area contributed by atoms with Crippen LogP contribution in [0.5, 0.6) is 0 Å². The molecule has 114 valence electrons. The number of sulfonamides is 1. The molecule has 5 nitrogen and oxygen atoms in total. The molecule has 0 fully saturated rings. The molecule has 2 aromatic rings. The van der Waals surface area contributed by atoms with Crippen molar-refractivity contribution in [3.63, 3.8) is 0 Å². The fourth-order valence-electron chi connectivity index (χ4n) is 2.36. The van der Waals surface area contributed by atoms with Gasteiger partial charge in [0.2, 0.25) is 0 Å². The molecule has 0 saturated heterocycles. The normalized spacial score (nSPS) is 15.9. The Morgan fingerprint density at radius 2 is 2.00 bits per heavy atom. The smallest absolute Gasteiger partial charge is 0.269 e. The zero-order valence-corrected chi connectivity index (χ0v) is 13.4. The van der Waals surface area contributed by atoms with Gasteiger partial charge in [0.15, 0.2) is 5.78 Å². The van der Waals surface area contributed by atoms with Gasteiger partial charge in [0, 0.05) is 13.0 Å². The lowest BCUT2D eigenvalue weighted by atomic mass is 10.2. The van der Waals surface area contributed by atoms with Gasteiger partial charge in [-0.15, -0.1) is 11.3 Å². The minimum absolute atomic E-state index is 0.0133. The maximum Gasteiger partial charge on any atom is 0.269 e. The van der Waals surface area contributed by atoms with Crippen LogP contribution in [0.3, 0.4) is 0 Å². The molecule has 3 rings (SSSR count). The standard InChI is InChI=1S/C15H13NO4S2/c1-10-8-13(21-9-10)12(17)6-7-16-15(18)11-4-2-3-5-14(11)22(16,19)20/h2-5,8-9H,6-7H2,1H3. The number of aryl methyl sites for hydroxylation is 1. The van der Waals surface area contributed by atoms with Crippen LogP contribution >= 0.6 is 11.3 Å². The van der Waals surface area contributed by atoms with E-state index in [0.29, 0.717) is 4.88 Å². The van der Waals surface area contributed by atoms with Gasteiger partial charge in [-0.1, -0.05) is 12.1 Å². The molecule has 0 N–H and O–H groups in total. The van der Waals surface area contributed by atoms with Crippen molar-refractivity contribution in [1.82, 2.24) is 4.31 Å². The van der Waals surface area contributed by atoms with Crippen LogP contribution in [-0.4, -0.2) is 31.0 Å². The molecule has 0 aliphatic carbocycles. The van der Waals surface area contributed by atoms with E-state index in [1.165, 1.54) is 23.5 Å². The van der Waals surface area contributed by atoms with E-state index < -0.39 is 15.9 Å². The number of carbonyl (C=O) groups is 2. The second-order valence-corrected chi connectivity index (χ2v) is 7.78. The number of fused-ring (bicyclic) bond motifs is 1. The summed E-state index contributed by atoms with van der Waals surface area (Å²) in [6.45, 7) is 1.75. The van der Waals surface area contributed by atoms with Crippen LogP contribution in [0, 0.1) is 6.92 Å². The van der Waals surface area contributed by atoms with Gasteiger partial charge in [0.1, 0.15) is 4.90 Å². The van der Waals surface area contributed by atoms with Gasteiger partial charge < -0.3 is 0 Å². The average Bonchev–Trinajstić information content (AvgIpc) is 3.00. The number of thiophene rings is 1. The van der Waals surface area contributed by atoms with Crippen LogP contribution < -0.4 is 0 Å². The molecule has 1 aliphatic rings. The van der Waals surface area contributed by atoms with Crippen LogP contribution in [0.15, 0.2) is 40.6 Å². The van der Waals surface area contributed by atoms with Gasteiger partial charge in [-0.25, -0.2) is 12.7 Å². The van der Waals surface area contributed by atoms with E-state index in [9.17, 15) is 18.0 Å². The Kier molecular flexibility index (Phi) is 3.62. The summed E-state index contributed by atoms with van der Waals surface area (Å²) in [5, 5.41) is 1.86. The van der Waals surface area contributed by atoms with Gasteiger partial charge in [0.25, 0.3) is 15.9 Å². The highest BCUT2D eigenvalue weighted by Crippen LogP contribution is 2.30. The van der Waals surface area contributed by atoms with Crippen molar-refractivity contribution in [2.24, 2.45) is 0 Å². The van der Waals surface area contributed by atoms with Crippen molar-refractivity contribution in [2.75, 3.05) is 6.54 Å². The van der Waals surface area contributed by atoms with E-state index >= 15 is 0 Å². The highest BCUT2D eigenvalue weighted by atomic mass is 32.2. The summed E-state index contributed by atoms with van der Waals surface area (Å²) >= 11 is 1.33. The van der Waals surface area contributed by atoms with Gasteiger partial charge >= 0.3 is 0 Å². The largest absolute Gasteiger partial charge is 0.293 e. The topological polar surface area (TPSA) is 71.5 Å². The minimum Gasteiger partial charge on any atom is -0.293 e. The second kappa shape index (κ2) is 5.33. The van der Waals surface area contributed by atoms with Crippen LogP contribution in [0.1, 0.15) is 32.0 Å². The molecule has 7 heteroatoms. The third-order valence-electron chi connectivity index (χ3n) is 3.46. The number of amides is 1. The Hall–Kier alpha value is -1.99. The number of benzene rings is 1. The van der Waals surface area contributed by atoms with E-state index in [2.05, 4.69) is 0 Å². The fraction of sp³-hybridized carbons (Fsp3) is 0.200. The molecule has 1 aromatic heterocycles. The first kappa shape index (κ1) is 14.9. The Labute approximate surface area is 132 Å². The quantitative estimate of drug-likeness (QED) is 0.805. The van der Waals surface area contributed by atoms with Crippen LogP contribution in [-0.2, 0) is 10.0 Å². The zero-order chi connectivity index (χ0) is 15.9. The zero-order valence-electron chi connectivity index (χ0n) is 11.8. The average molecular weight is 335 g/mol. The Morgan fingerprint density at radius 3 is 2.64 bits per heavy atom. The van der Waals surface area contributed by atoms with Crippen molar-refractivity contribution < 1.29 is 18.0 Å². The number of ketones is 1. The van der Waals surface area contributed by atoms with Crippen LogP contribution in [0.25, 0.3) is 0 Å². The van der Waals surface area contributed by atoms with Gasteiger partial charge in [-0.2, -0.15) is 0 Å². The first-order chi connectivity index (χ1) is 10.4. The number of nitrogens with zero attached hydrogens (tertiary/aromatic N) is 1. The Bertz CT molecular complexity index is 867. The molecule has 2 heterocycles. The molecule has 1 amide bonds. The Morgan fingerprint density at radius 1 is 1.27 bits per heavy atom. The van der Waals surface area contributed by atoms with Crippen molar-refractivity contribution >= 4 is 33.1 Å².